The van der Waals surface area contributed by atoms with Gasteiger partial charge in [-0.2, -0.15) is 9.50 Å². The first-order valence-electron chi connectivity index (χ1n) is 7.69. The smallest absolute Gasteiger partial charge is 0.339 e. The number of carbonyl (C=O) groups is 1. The highest BCUT2D eigenvalue weighted by Crippen LogP contribution is 2.30. The van der Waals surface area contributed by atoms with Crippen molar-refractivity contribution in [1.29, 1.82) is 0 Å². The highest BCUT2D eigenvalue weighted by atomic mass is 35.5. The first-order chi connectivity index (χ1) is 13.3. The molecule has 148 valence electrons. The van der Waals surface area contributed by atoms with Gasteiger partial charge < -0.3 is 14.2 Å². The van der Waals surface area contributed by atoms with Crippen molar-refractivity contribution in [2.75, 3.05) is 26.1 Å². The van der Waals surface area contributed by atoms with Gasteiger partial charge in [0.1, 0.15) is 15.8 Å². The number of ether oxygens (including phenoxy) is 3. The number of anilines is 1. The third-order valence-corrected chi connectivity index (χ3v) is 5.42. The minimum absolute atomic E-state index is 0.0465. The Morgan fingerprint density at radius 2 is 1.82 bits per heavy atom. The van der Waals surface area contributed by atoms with Crippen LogP contribution in [0.5, 0.6) is 11.5 Å². The lowest BCUT2D eigenvalue weighted by atomic mass is 10.2. The van der Waals surface area contributed by atoms with E-state index >= 15 is 0 Å². The summed E-state index contributed by atoms with van der Waals surface area (Å²) in [4.78, 5) is 15.7. The number of aromatic nitrogens is 3. The quantitative estimate of drug-likeness (QED) is 0.469. The number of hydrogen-bond acceptors (Lipinski definition) is 8. The summed E-state index contributed by atoms with van der Waals surface area (Å²) in [5.41, 5.74) is 0.00893. The molecule has 0 aliphatic carbocycles. The van der Waals surface area contributed by atoms with Crippen molar-refractivity contribution in [3.63, 3.8) is 0 Å². The van der Waals surface area contributed by atoms with Gasteiger partial charge in [-0.3, -0.25) is 0 Å². The van der Waals surface area contributed by atoms with Crippen molar-refractivity contribution in [1.82, 2.24) is 14.6 Å². The van der Waals surface area contributed by atoms with E-state index in [1.165, 1.54) is 43.0 Å². The molecule has 1 N–H and O–H groups in total. The second-order valence-electron chi connectivity index (χ2n) is 5.33. The van der Waals surface area contributed by atoms with Crippen LogP contribution in [-0.2, 0) is 14.8 Å². The standard InChI is InChI=1S/C16H15ClN4O6S/c1-25-10-6-4-5-9(15(22)27-3)13(10)28(23,24)20-16-18-14-11(26-2)7-8-12(17)21(14)19-16/h4-8H,1-3H3,(H,19,20). The SMILES string of the molecule is COC(=O)c1cccc(OC)c1S(=O)(=O)Nc1nc2c(OC)ccc(Cl)n2n1. The number of esters is 1. The van der Waals surface area contributed by atoms with Crippen LogP contribution in [0.25, 0.3) is 5.65 Å². The van der Waals surface area contributed by atoms with Gasteiger partial charge in [-0.05, 0) is 24.3 Å². The van der Waals surface area contributed by atoms with Crippen LogP contribution < -0.4 is 14.2 Å². The Bertz CT molecular complexity index is 1160. The first kappa shape index (κ1) is 19.7. The summed E-state index contributed by atoms with van der Waals surface area (Å²) < 4.78 is 44.3. The van der Waals surface area contributed by atoms with Crippen molar-refractivity contribution in [3.8, 4) is 11.5 Å². The van der Waals surface area contributed by atoms with Crippen molar-refractivity contribution in [3.05, 3.63) is 41.0 Å². The van der Waals surface area contributed by atoms with E-state index in [4.69, 9.17) is 21.1 Å². The molecule has 3 rings (SSSR count). The van der Waals surface area contributed by atoms with Crippen molar-refractivity contribution < 1.29 is 27.4 Å². The lowest BCUT2D eigenvalue weighted by Crippen LogP contribution is -2.19. The van der Waals surface area contributed by atoms with Crippen LogP contribution in [0.4, 0.5) is 5.95 Å². The van der Waals surface area contributed by atoms with Gasteiger partial charge in [-0.25, -0.2) is 17.9 Å². The molecular formula is C16H15ClN4O6S. The molecule has 12 heteroatoms. The Hall–Kier alpha value is -3.05. The Kier molecular flexibility index (Phi) is 5.29. The lowest BCUT2D eigenvalue weighted by molar-refractivity contribution is 0.0595. The average Bonchev–Trinajstić information content (AvgIpc) is 3.10. The van der Waals surface area contributed by atoms with Crippen LogP contribution >= 0.6 is 11.6 Å². The lowest BCUT2D eigenvalue weighted by Gasteiger charge is -2.13. The molecule has 0 radical (unpaired) electrons. The van der Waals surface area contributed by atoms with E-state index in [9.17, 15) is 13.2 Å². The average molecular weight is 427 g/mol. The van der Waals surface area contributed by atoms with Gasteiger partial charge >= 0.3 is 5.97 Å². The second kappa shape index (κ2) is 7.52. The van der Waals surface area contributed by atoms with Crippen molar-refractivity contribution in [2.24, 2.45) is 0 Å². The van der Waals surface area contributed by atoms with E-state index in [1.54, 1.807) is 6.07 Å². The van der Waals surface area contributed by atoms with Gasteiger partial charge in [0.2, 0.25) is 5.65 Å². The molecule has 0 atom stereocenters. The second-order valence-corrected chi connectivity index (χ2v) is 7.34. The van der Waals surface area contributed by atoms with E-state index in [1.807, 2.05) is 0 Å². The summed E-state index contributed by atoms with van der Waals surface area (Å²) >= 11 is 6.07. The minimum Gasteiger partial charge on any atom is -0.495 e. The molecule has 0 aliphatic heterocycles. The molecule has 2 aromatic heterocycles. The highest BCUT2D eigenvalue weighted by Gasteiger charge is 2.29. The predicted octanol–water partition coefficient (Wildman–Crippen LogP) is 1.99. The minimum atomic E-state index is -4.32. The Morgan fingerprint density at radius 3 is 2.46 bits per heavy atom. The van der Waals surface area contributed by atoms with E-state index in [2.05, 4.69) is 19.5 Å². The number of nitrogens with one attached hydrogen (secondary N) is 1. The number of nitrogens with zero attached hydrogens (tertiary/aromatic N) is 3. The molecule has 1 aromatic carbocycles. The molecule has 0 unspecified atom stereocenters. The molecule has 0 bridgehead atoms. The molecule has 0 saturated heterocycles. The van der Waals surface area contributed by atoms with E-state index in [0.29, 0.717) is 5.75 Å². The molecule has 0 fully saturated rings. The van der Waals surface area contributed by atoms with Gasteiger partial charge in [-0.1, -0.05) is 17.7 Å². The number of benzene rings is 1. The Balaban J connectivity index is 2.12. The summed E-state index contributed by atoms with van der Waals surface area (Å²) in [7, 11) is -0.467. The van der Waals surface area contributed by atoms with Crippen LogP contribution in [0.3, 0.4) is 0 Å². The number of carbonyl (C=O) groups excluding carboxylic acids is 1. The van der Waals surface area contributed by atoms with Crippen molar-refractivity contribution >= 4 is 39.2 Å². The van der Waals surface area contributed by atoms with Gasteiger partial charge in [-0.15, -0.1) is 5.10 Å². The van der Waals surface area contributed by atoms with Gasteiger partial charge in [0.25, 0.3) is 16.0 Å². The summed E-state index contributed by atoms with van der Waals surface area (Å²) in [6, 6.07) is 7.27. The third-order valence-electron chi connectivity index (χ3n) is 3.72. The molecule has 0 saturated carbocycles. The zero-order valence-corrected chi connectivity index (χ0v) is 16.5. The predicted molar refractivity (Wildman–Crippen MR) is 99.7 cm³/mol. The number of sulfonamides is 1. The van der Waals surface area contributed by atoms with Crippen LogP contribution in [-0.4, -0.2) is 50.3 Å². The number of pyridine rings is 1. The fourth-order valence-corrected chi connectivity index (χ4v) is 3.98. The molecular weight excluding hydrogens is 412 g/mol. The maximum atomic E-state index is 13.0. The molecule has 10 nitrogen and oxygen atoms in total. The summed E-state index contributed by atoms with van der Waals surface area (Å²) in [5.74, 6) is -0.815. The molecule has 0 amide bonds. The molecule has 0 spiro atoms. The third kappa shape index (κ3) is 3.41. The zero-order valence-electron chi connectivity index (χ0n) is 15.0. The number of fused-ring (bicyclic) bond motifs is 1. The van der Waals surface area contributed by atoms with Crippen LogP contribution in [0, 0.1) is 0 Å². The molecule has 0 aliphatic rings. The Morgan fingerprint density at radius 1 is 1.11 bits per heavy atom. The van der Waals surface area contributed by atoms with Gasteiger partial charge in [0, 0.05) is 0 Å². The van der Waals surface area contributed by atoms with E-state index in [-0.39, 0.29) is 28.1 Å². The molecule has 2 heterocycles. The van der Waals surface area contributed by atoms with Gasteiger partial charge in [0.05, 0.1) is 26.9 Å². The zero-order chi connectivity index (χ0) is 20.5. The van der Waals surface area contributed by atoms with E-state index < -0.39 is 20.9 Å². The fraction of sp³-hybridized carbons (Fsp3) is 0.188. The summed E-state index contributed by atoms with van der Waals surface area (Å²) in [5, 5.41) is 4.22. The highest BCUT2D eigenvalue weighted by molar-refractivity contribution is 7.92. The maximum Gasteiger partial charge on any atom is 0.339 e. The molecule has 3 aromatic rings. The monoisotopic (exact) mass is 426 g/mol. The van der Waals surface area contributed by atoms with Crippen LogP contribution in [0.15, 0.2) is 35.2 Å². The maximum absolute atomic E-state index is 13.0. The van der Waals surface area contributed by atoms with Crippen LogP contribution in [0.1, 0.15) is 10.4 Å². The van der Waals surface area contributed by atoms with E-state index in [0.717, 1.165) is 7.11 Å². The van der Waals surface area contributed by atoms with Crippen LogP contribution in [0.2, 0.25) is 5.15 Å². The fourth-order valence-electron chi connectivity index (χ4n) is 2.51. The summed E-state index contributed by atoms with van der Waals surface area (Å²) in [6.07, 6.45) is 0. The first-order valence-corrected chi connectivity index (χ1v) is 9.56. The molecule has 28 heavy (non-hydrogen) atoms. The van der Waals surface area contributed by atoms with Gasteiger partial charge in [0.15, 0.2) is 5.75 Å². The largest absolute Gasteiger partial charge is 0.495 e. The number of rotatable bonds is 6. The summed E-state index contributed by atoms with van der Waals surface area (Å²) in [6.45, 7) is 0. The number of halogens is 1. The topological polar surface area (TPSA) is 121 Å². The number of hydrogen-bond donors (Lipinski definition) is 1. The Labute approximate surface area is 165 Å². The van der Waals surface area contributed by atoms with Crippen molar-refractivity contribution in [2.45, 2.75) is 4.90 Å². The number of methoxy groups -OCH3 is 3. The normalized spacial score (nSPS) is 11.3.